The Kier molecular flexibility index (Phi) is 5.87. The Balaban J connectivity index is 1.59. The third-order valence-electron chi connectivity index (χ3n) is 3.99. The van der Waals surface area contributed by atoms with Crippen molar-refractivity contribution >= 4 is 40.0 Å². The van der Waals surface area contributed by atoms with Crippen LogP contribution < -0.4 is 20.9 Å². The summed E-state index contributed by atoms with van der Waals surface area (Å²) in [6, 6.07) is 15.1. The molecule has 1 amide bonds. The van der Waals surface area contributed by atoms with Crippen LogP contribution in [0.4, 0.5) is 5.69 Å². The van der Waals surface area contributed by atoms with Crippen LogP contribution in [0, 0.1) is 0 Å². The summed E-state index contributed by atoms with van der Waals surface area (Å²) in [5.74, 6) is 1.36. The fourth-order valence-electron chi connectivity index (χ4n) is 2.74. The minimum absolute atomic E-state index is 0.151. The Bertz CT molecular complexity index is 970. The first-order valence-corrected chi connectivity index (χ1v) is 8.95. The molecule has 0 radical (unpaired) electrons. The molecule has 3 N–H and O–H groups in total. The van der Waals surface area contributed by atoms with Crippen molar-refractivity contribution in [1.82, 2.24) is 20.4 Å². The largest absolute Gasteiger partial charge is 0.497 e. The highest BCUT2D eigenvalue weighted by atomic mass is 32.1. The molecule has 0 saturated heterocycles. The number of benzene rings is 2. The van der Waals surface area contributed by atoms with Crippen LogP contribution in [0.3, 0.4) is 0 Å². The molecule has 0 fully saturated rings. The molecule has 140 valence electrons. The fourth-order valence-corrected chi connectivity index (χ4v) is 2.91. The van der Waals surface area contributed by atoms with Crippen LogP contribution in [0.5, 0.6) is 5.75 Å². The highest BCUT2D eigenvalue weighted by Gasteiger charge is 2.12. The van der Waals surface area contributed by atoms with Gasteiger partial charge in [0.25, 0.3) is 5.91 Å². The maximum atomic E-state index is 12.3. The third kappa shape index (κ3) is 4.53. The number of nitrogens with zero attached hydrogens (tertiary/aromatic N) is 2. The Morgan fingerprint density at radius 1 is 1.19 bits per heavy atom. The number of carbonyl (C=O) groups is 1. The van der Waals surface area contributed by atoms with Gasteiger partial charge in [-0.3, -0.25) is 15.6 Å². The first-order valence-electron chi connectivity index (χ1n) is 8.54. The predicted molar refractivity (Wildman–Crippen MR) is 110 cm³/mol. The van der Waals surface area contributed by atoms with Gasteiger partial charge in [0, 0.05) is 18.2 Å². The summed E-state index contributed by atoms with van der Waals surface area (Å²) in [6.45, 7) is 2.17. The van der Waals surface area contributed by atoms with Gasteiger partial charge in [0.2, 0.25) is 0 Å². The second-order valence-electron chi connectivity index (χ2n) is 5.82. The van der Waals surface area contributed by atoms with Crippen LogP contribution in [0.1, 0.15) is 12.7 Å². The predicted octanol–water partition coefficient (Wildman–Crippen LogP) is 2.63. The SMILES string of the molecule is CCc1nc2ccccc2n1CC(=O)NNC(=S)Nc1cccc(OC)c1. The molecule has 3 rings (SSSR count). The number of amides is 1. The number of ether oxygens (including phenoxy) is 1. The minimum Gasteiger partial charge on any atom is -0.497 e. The Morgan fingerprint density at radius 3 is 2.78 bits per heavy atom. The lowest BCUT2D eigenvalue weighted by Crippen LogP contribution is -2.45. The monoisotopic (exact) mass is 383 g/mol. The highest BCUT2D eigenvalue weighted by molar-refractivity contribution is 7.80. The lowest BCUT2D eigenvalue weighted by molar-refractivity contribution is -0.122. The number of imidazole rings is 1. The van der Waals surface area contributed by atoms with Gasteiger partial charge in [-0.05, 0) is 36.5 Å². The van der Waals surface area contributed by atoms with E-state index in [0.717, 1.165) is 29.0 Å². The summed E-state index contributed by atoms with van der Waals surface area (Å²) in [6.07, 6.45) is 0.741. The Hall–Kier alpha value is -3.13. The van der Waals surface area contributed by atoms with E-state index in [1.807, 2.05) is 54.0 Å². The molecule has 0 saturated carbocycles. The number of para-hydroxylation sites is 2. The molecular formula is C19H21N5O2S. The van der Waals surface area contributed by atoms with E-state index in [0.29, 0.717) is 5.75 Å². The number of fused-ring (bicyclic) bond motifs is 1. The van der Waals surface area contributed by atoms with Crippen molar-refractivity contribution in [2.24, 2.45) is 0 Å². The van der Waals surface area contributed by atoms with Crippen LogP contribution in [-0.2, 0) is 17.8 Å². The second kappa shape index (κ2) is 8.50. The molecule has 0 aliphatic carbocycles. The molecule has 27 heavy (non-hydrogen) atoms. The summed E-state index contributed by atoms with van der Waals surface area (Å²) >= 11 is 5.21. The van der Waals surface area contributed by atoms with Gasteiger partial charge in [-0.25, -0.2) is 4.98 Å². The van der Waals surface area contributed by atoms with Crippen LogP contribution in [0.25, 0.3) is 11.0 Å². The smallest absolute Gasteiger partial charge is 0.258 e. The second-order valence-corrected chi connectivity index (χ2v) is 6.22. The number of carbonyl (C=O) groups excluding carboxylic acids is 1. The van der Waals surface area contributed by atoms with E-state index in [9.17, 15) is 4.79 Å². The number of hydrogen-bond acceptors (Lipinski definition) is 4. The van der Waals surface area contributed by atoms with E-state index < -0.39 is 0 Å². The van der Waals surface area contributed by atoms with Gasteiger partial charge in [-0.15, -0.1) is 0 Å². The zero-order valence-corrected chi connectivity index (χ0v) is 16.0. The Morgan fingerprint density at radius 2 is 2.00 bits per heavy atom. The van der Waals surface area contributed by atoms with E-state index in [1.165, 1.54) is 0 Å². The van der Waals surface area contributed by atoms with Crippen LogP contribution in [0.15, 0.2) is 48.5 Å². The molecule has 0 unspecified atom stereocenters. The number of thiocarbonyl (C=S) groups is 1. The first-order chi connectivity index (χ1) is 13.1. The topological polar surface area (TPSA) is 80.2 Å². The summed E-state index contributed by atoms with van der Waals surface area (Å²) in [5.41, 5.74) is 7.90. The van der Waals surface area contributed by atoms with Crippen molar-refractivity contribution in [2.75, 3.05) is 12.4 Å². The average molecular weight is 383 g/mol. The Labute approximate surface area is 162 Å². The molecule has 1 aromatic heterocycles. The van der Waals surface area contributed by atoms with Gasteiger partial charge in [0.15, 0.2) is 5.11 Å². The van der Waals surface area contributed by atoms with Crippen molar-refractivity contribution in [3.05, 3.63) is 54.4 Å². The lowest BCUT2D eigenvalue weighted by atomic mass is 10.3. The number of rotatable bonds is 5. The number of hydrogen-bond donors (Lipinski definition) is 3. The molecule has 2 aromatic carbocycles. The molecular weight excluding hydrogens is 362 g/mol. The molecule has 0 bridgehead atoms. The van der Waals surface area contributed by atoms with Crippen LogP contribution >= 0.6 is 12.2 Å². The molecule has 0 spiro atoms. The van der Waals surface area contributed by atoms with Crippen LogP contribution in [0.2, 0.25) is 0 Å². The van der Waals surface area contributed by atoms with Crippen molar-refractivity contribution in [3.8, 4) is 5.75 Å². The average Bonchev–Trinajstić information content (AvgIpc) is 3.04. The molecule has 0 atom stereocenters. The number of aryl methyl sites for hydroxylation is 1. The first kappa shape index (κ1) is 18.7. The van der Waals surface area contributed by atoms with Gasteiger partial charge in [-0.2, -0.15) is 0 Å². The zero-order chi connectivity index (χ0) is 19.2. The standard InChI is InChI=1S/C19H21N5O2S/c1-3-17-21-15-9-4-5-10-16(15)24(17)12-18(25)22-23-19(27)20-13-7-6-8-14(11-13)26-2/h4-11H,3,12H2,1-2H3,(H,22,25)(H2,20,23,27). The molecule has 8 heteroatoms. The molecule has 1 heterocycles. The minimum atomic E-state index is -0.220. The summed E-state index contributed by atoms with van der Waals surface area (Å²) in [7, 11) is 1.60. The highest BCUT2D eigenvalue weighted by Crippen LogP contribution is 2.17. The summed E-state index contributed by atoms with van der Waals surface area (Å²) in [5, 5.41) is 3.27. The third-order valence-corrected chi connectivity index (χ3v) is 4.20. The van der Waals surface area contributed by atoms with Crippen molar-refractivity contribution in [3.63, 3.8) is 0 Å². The maximum absolute atomic E-state index is 12.3. The number of anilines is 1. The van der Waals surface area contributed by atoms with E-state index in [-0.39, 0.29) is 17.6 Å². The molecule has 3 aromatic rings. The zero-order valence-electron chi connectivity index (χ0n) is 15.2. The molecule has 7 nitrogen and oxygen atoms in total. The van der Waals surface area contributed by atoms with Gasteiger partial charge in [-0.1, -0.05) is 25.1 Å². The van der Waals surface area contributed by atoms with Crippen molar-refractivity contribution < 1.29 is 9.53 Å². The fraction of sp³-hybridized carbons (Fsp3) is 0.211. The van der Waals surface area contributed by atoms with Gasteiger partial charge in [0.05, 0.1) is 18.1 Å². The van der Waals surface area contributed by atoms with Crippen molar-refractivity contribution in [2.45, 2.75) is 19.9 Å². The van der Waals surface area contributed by atoms with Gasteiger partial charge in [0.1, 0.15) is 18.1 Å². The van der Waals surface area contributed by atoms with E-state index in [1.54, 1.807) is 13.2 Å². The van der Waals surface area contributed by atoms with Gasteiger partial charge < -0.3 is 14.6 Å². The quantitative estimate of drug-likeness (QED) is 0.464. The lowest BCUT2D eigenvalue weighted by Gasteiger charge is -2.13. The van der Waals surface area contributed by atoms with E-state index in [2.05, 4.69) is 21.2 Å². The number of nitrogens with one attached hydrogen (secondary N) is 3. The van der Waals surface area contributed by atoms with Crippen LogP contribution in [-0.4, -0.2) is 27.7 Å². The van der Waals surface area contributed by atoms with Crippen molar-refractivity contribution in [1.29, 1.82) is 0 Å². The number of hydrazine groups is 1. The normalized spacial score (nSPS) is 10.4. The van der Waals surface area contributed by atoms with E-state index in [4.69, 9.17) is 17.0 Å². The number of aromatic nitrogens is 2. The molecule has 0 aliphatic rings. The number of methoxy groups -OCH3 is 1. The van der Waals surface area contributed by atoms with E-state index >= 15 is 0 Å². The van der Waals surface area contributed by atoms with Gasteiger partial charge >= 0.3 is 0 Å². The maximum Gasteiger partial charge on any atom is 0.258 e. The molecule has 0 aliphatic heterocycles. The summed E-state index contributed by atoms with van der Waals surface area (Å²) in [4.78, 5) is 16.9. The summed E-state index contributed by atoms with van der Waals surface area (Å²) < 4.78 is 7.08.